The first-order chi connectivity index (χ1) is 17.1. The van der Waals surface area contributed by atoms with Crippen LogP contribution in [0.2, 0.25) is 5.02 Å². The summed E-state index contributed by atoms with van der Waals surface area (Å²) in [5, 5.41) is 20.6. The number of fused-ring (bicyclic) bond motifs is 1. The Hall–Kier alpha value is -2.40. The summed E-state index contributed by atoms with van der Waals surface area (Å²) in [4.78, 5) is 5.05. The second-order valence-corrected chi connectivity index (χ2v) is 12.6. The topological polar surface area (TPSA) is 99.5 Å². The molecule has 5 rings (SSSR count). The standard InChI is InChI=1S/C26H24ClFN2O4S2/c1-26(32,14-31)16-10-11-29-21(13-16)18-5-2-4-15-12-22(35-25(15)18)24(30-36(33,34)17-8-9-17)23-19(27)6-3-7-20(23)28/h2-7,10-13,17,24,30-32H,8-9,14H2,1H3/t24-,26-/m0/s1. The lowest BCUT2D eigenvalue weighted by atomic mass is 9.96. The lowest BCUT2D eigenvalue weighted by molar-refractivity contribution is -0.00230. The van der Waals surface area contributed by atoms with Crippen LogP contribution >= 0.6 is 22.9 Å². The fourth-order valence-corrected chi connectivity index (χ4v) is 7.23. The van der Waals surface area contributed by atoms with Crippen LogP contribution in [-0.4, -0.2) is 35.5 Å². The van der Waals surface area contributed by atoms with Crippen molar-refractivity contribution < 1.29 is 23.0 Å². The summed E-state index contributed by atoms with van der Waals surface area (Å²) >= 11 is 7.70. The first-order valence-electron chi connectivity index (χ1n) is 11.4. The molecule has 0 saturated heterocycles. The van der Waals surface area contributed by atoms with Gasteiger partial charge in [0.05, 0.1) is 23.6 Å². The quantitative estimate of drug-likeness (QED) is 0.285. The predicted octanol–water partition coefficient (Wildman–Crippen LogP) is 5.13. The lowest BCUT2D eigenvalue weighted by Gasteiger charge is -2.21. The number of pyridine rings is 1. The Bertz CT molecular complexity index is 1530. The molecule has 0 amide bonds. The second-order valence-electron chi connectivity index (χ2n) is 9.16. The van der Waals surface area contributed by atoms with Gasteiger partial charge in [-0.3, -0.25) is 4.98 Å². The summed E-state index contributed by atoms with van der Waals surface area (Å²) in [6.45, 7) is 1.07. The van der Waals surface area contributed by atoms with Gasteiger partial charge in [0, 0.05) is 31.9 Å². The molecule has 1 aliphatic rings. The van der Waals surface area contributed by atoms with Gasteiger partial charge in [0.25, 0.3) is 0 Å². The van der Waals surface area contributed by atoms with Gasteiger partial charge in [-0.15, -0.1) is 11.3 Å². The zero-order valence-electron chi connectivity index (χ0n) is 19.3. The number of sulfonamides is 1. The van der Waals surface area contributed by atoms with Gasteiger partial charge < -0.3 is 10.2 Å². The van der Waals surface area contributed by atoms with Gasteiger partial charge in [-0.1, -0.05) is 35.9 Å². The van der Waals surface area contributed by atoms with E-state index in [0.29, 0.717) is 29.0 Å². The van der Waals surface area contributed by atoms with E-state index in [4.69, 9.17) is 11.6 Å². The molecule has 1 aliphatic carbocycles. The minimum absolute atomic E-state index is 0.0793. The smallest absolute Gasteiger partial charge is 0.215 e. The molecule has 2 aromatic heterocycles. The molecule has 3 N–H and O–H groups in total. The second kappa shape index (κ2) is 9.48. The van der Waals surface area contributed by atoms with Crippen molar-refractivity contribution in [3.8, 4) is 11.3 Å². The number of nitrogens with one attached hydrogen (secondary N) is 1. The molecule has 4 aromatic rings. The largest absolute Gasteiger partial charge is 0.393 e. The highest BCUT2D eigenvalue weighted by Gasteiger charge is 2.39. The Kier molecular flexibility index (Phi) is 6.65. The van der Waals surface area contributed by atoms with E-state index in [-0.39, 0.29) is 10.6 Å². The van der Waals surface area contributed by atoms with Crippen LogP contribution in [0, 0.1) is 5.82 Å². The highest BCUT2D eigenvalue weighted by molar-refractivity contribution is 7.90. The van der Waals surface area contributed by atoms with Crippen molar-refractivity contribution in [2.24, 2.45) is 0 Å². The molecule has 0 spiro atoms. The third kappa shape index (κ3) is 4.79. The van der Waals surface area contributed by atoms with E-state index in [1.165, 1.54) is 30.4 Å². The van der Waals surface area contributed by atoms with Crippen LogP contribution < -0.4 is 4.72 Å². The van der Waals surface area contributed by atoms with Crippen LogP contribution in [0.1, 0.15) is 41.8 Å². The zero-order chi connectivity index (χ0) is 25.7. The minimum atomic E-state index is -3.67. The third-order valence-electron chi connectivity index (χ3n) is 6.35. The van der Waals surface area contributed by atoms with Crippen molar-refractivity contribution in [2.45, 2.75) is 36.7 Å². The number of aliphatic hydroxyl groups is 2. The van der Waals surface area contributed by atoms with Crippen molar-refractivity contribution in [1.82, 2.24) is 9.71 Å². The monoisotopic (exact) mass is 546 g/mol. The maximum Gasteiger partial charge on any atom is 0.215 e. The number of halogens is 2. The number of nitrogens with zero attached hydrogens (tertiary/aromatic N) is 1. The Morgan fingerprint density at radius 2 is 1.97 bits per heavy atom. The molecule has 1 fully saturated rings. The van der Waals surface area contributed by atoms with Crippen LogP contribution in [0.3, 0.4) is 0 Å². The van der Waals surface area contributed by atoms with E-state index >= 15 is 0 Å². The molecule has 1 saturated carbocycles. The van der Waals surface area contributed by atoms with E-state index in [1.54, 1.807) is 24.4 Å². The van der Waals surface area contributed by atoms with Crippen molar-refractivity contribution in [3.05, 3.63) is 87.6 Å². The Morgan fingerprint density at radius 3 is 2.67 bits per heavy atom. The fourth-order valence-electron chi connectivity index (χ4n) is 4.12. The van der Waals surface area contributed by atoms with Crippen LogP contribution in [0.5, 0.6) is 0 Å². The number of rotatable bonds is 8. The maximum atomic E-state index is 15.0. The SMILES string of the molecule is C[C@](O)(CO)c1ccnc(-c2cccc3cc([C@H](NS(=O)(=O)C4CC4)c4c(F)cccc4Cl)sc23)c1. The average molecular weight is 547 g/mol. The molecule has 6 nitrogen and oxygen atoms in total. The lowest BCUT2D eigenvalue weighted by Crippen LogP contribution is -2.32. The zero-order valence-corrected chi connectivity index (χ0v) is 21.7. The molecule has 2 atom stereocenters. The van der Waals surface area contributed by atoms with Crippen molar-refractivity contribution in [1.29, 1.82) is 0 Å². The molecular weight excluding hydrogens is 523 g/mol. The molecule has 0 aliphatic heterocycles. The van der Waals surface area contributed by atoms with E-state index in [1.807, 2.05) is 24.3 Å². The summed E-state index contributed by atoms with van der Waals surface area (Å²) < 4.78 is 44.3. The third-order valence-corrected chi connectivity index (χ3v) is 9.84. The highest BCUT2D eigenvalue weighted by atomic mass is 35.5. The van der Waals surface area contributed by atoms with Crippen molar-refractivity contribution in [3.63, 3.8) is 0 Å². The maximum absolute atomic E-state index is 15.0. The van der Waals surface area contributed by atoms with Gasteiger partial charge in [-0.05, 0) is 61.0 Å². The molecule has 36 heavy (non-hydrogen) atoms. The summed E-state index contributed by atoms with van der Waals surface area (Å²) in [5.41, 5.74) is 0.509. The Morgan fingerprint density at radius 1 is 1.22 bits per heavy atom. The van der Waals surface area contributed by atoms with Gasteiger partial charge in [0.1, 0.15) is 11.4 Å². The first kappa shape index (κ1) is 25.3. The number of thiophene rings is 1. The number of hydrogen-bond donors (Lipinski definition) is 3. The predicted molar refractivity (Wildman–Crippen MR) is 140 cm³/mol. The van der Waals surface area contributed by atoms with Crippen molar-refractivity contribution in [2.75, 3.05) is 6.61 Å². The van der Waals surface area contributed by atoms with Crippen LogP contribution in [0.4, 0.5) is 4.39 Å². The summed E-state index contributed by atoms with van der Waals surface area (Å²) in [6.07, 6.45) is 2.71. The van der Waals surface area contributed by atoms with Crippen LogP contribution in [-0.2, 0) is 15.6 Å². The van der Waals surface area contributed by atoms with Crippen LogP contribution in [0.15, 0.2) is 60.8 Å². The fraction of sp³-hybridized carbons (Fsp3) is 0.269. The molecule has 10 heteroatoms. The van der Waals surface area contributed by atoms with E-state index in [2.05, 4.69) is 9.71 Å². The first-order valence-corrected chi connectivity index (χ1v) is 14.1. The molecule has 0 unspecified atom stereocenters. The Balaban J connectivity index is 1.65. The summed E-state index contributed by atoms with van der Waals surface area (Å²) in [7, 11) is -3.67. The molecule has 188 valence electrons. The molecular formula is C26H24ClFN2O4S2. The van der Waals surface area contributed by atoms with Crippen molar-refractivity contribution >= 4 is 43.0 Å². The van der Waals surface area contributed by atoms with Gasteiger partial charge in [0.15, 0.2) is 0 Å². The summed E-state index contributed by atoms with van der Waals surface area (Å²) in [5.74, 6) is -0.593. The van der Waals surface area contributed by atoms with E-state index in [9.17, 15) is 23.0 Å². The average Bonchev–Trinajstić information content (AvgIpc) is 3.63. The number of aliphatic hydroxyl groups excluding tert-OH is 1. The number of hydrogen-bond acceptors (Lipinski definition) is 6. The van der Waals surface area contributed by atoms with E-state index in [0.717, 1.165) is 15.6 Å². The van der Waals surface area contributed by atoms with Gasteiger partial charge in [0.2, 0.25) is 10.0 Å². The minimum Gasteiger partial charge on any atom is -0.393 e. The van der Waals surface area contributed by atoms with Crippen LogP contribution in [0.25, 0.3) is 21.3 Å². The number of aromatic nitrogens is 1. The van der Waals surface area contributed by atoms with Gasteiger partial charge in [-0.2, -0.15) is 0 Å². The molecule has 2 aromatic carbocycles. The normalized spacial score (nSPS) is 16.7. The molecule has 0 bridgehead atoms. The van der Waals surface area contributed by atoms with E-state index < -0.39 is 39.3 Å². The Labute approximate surface area is 217 Å². The summed E-state index contributed by atoms with van der Waals surface area (Å²) in [6, 6.07) is 14.1. The number of benzene rings is 2. The highest BCUT2D eigenvalue weighted by Crippen LogP contribution is 2.42. The molecule has 0 radical (unpaired) electrons. The van der Waals surface area contributed by atoms with Gasteiger partial charge in [-0.25, -0.2) is 17.5 Å². The molecule has 2 heterocycles. The van der Waals surface area contributed by atoms with Gasteiger partial charge >= 0.3 is 0 Å².